The number of thiazole rings is 1. The number of nitrogens with zero attached hydrogens (tertiary/aromatic N) is 2. The summed E-state index contributed by atoms with van der Waals surface area (Å²) in [5, 5.41) is 10.0. The van der Waals surface area contributed by atoms with Crippen LogP contribution in [0.25, 0.3) is 17.3 Å². The van der Waals surface area contributed by atoms with Crippen molar-refractivity contribution in [1.82, 2.24) is 4.57 Å². The molecule has 0 spiro atoms. The summed E-state index contributed by atoms with van der Waals surface area (Å²) < 4.78 is 40.1. The highest BCUT2D eigenvalue weighted by molar-refractivity contribution is 7.10. The highest BCUT2D eigenvalue weighted by atomic mass is 35.5. The smallest absolute Gasteiger partial charge is 0.417 e. The second kappa shape index (κ2) is 6.65. The van der Waals surface area contributed by atoms with Crippen molar-refractivity contribution in [1.29, 1.82) is 0 Å². The van der Waals surface area contributed by atoms with Gasteiger partial charge < -0.3 is 5.11 Å². The third-order valence-corrected chi connectivity index (χ3v) is 5.38. The number of aromatic nitrogens is 1. The van der Waals surface area contributed by atoms with Crippen LogP contribution in [0.3, 0.4) is 0 Å². The van der Waals surface area contributed by atoms with Gasteiger partial charge in [-0.2, -0.15) is 13.2 Å². The molecule has 28 heavy (non-hydrogen) atoms. The van der Waals surface area contributed by atoms with Crippen molar-refractivity contribution >= 4 is 46.5 Å². The van der Waals surface area contributed by atoms with E-state index < -0.39 is 27.5 Å². The predicted octanol–water partition coefficient (Wildman–Crippen LogP) is 5.53. The largest absolute Gasteiger partial charge is 0.493 e. The molecule has 3 aromatic rings. The maximum absolute atomic E-state index is 13.1. The first kappa shape index (κ1) is 18.5. The Labute approximate surface area is 165 Å². The van der Waals surface area contributed by atoms with Gasteiger partial charge in [0.1, 0.15) is 0 Å². The molecule has 4 nitrogen and oxygen atoms in total. The van der Waals surface area contributed by atoms with Crippen LogP contribution >= 0.6 is 22.9 Å². The van der Waals surface area contributed by atoms with E-state index in [2.05, 4.69) is 4.99 Å². The molecule has 0 amide bonds. The minimum absolute atomic E-state index is 0.124. The van der Waals surface area contributed by atoms with Gasteiger partial charge in [-0.05, 0) is 30.3 Å². The topological polar surface area (TPSA) is 54.6 Å². The fourth-order valence-electron chi connectivity index (χ4n) is 2.87. The molecule has 2 heterocycles. The zero-order chi connectivity index (χ0) is 20.1. The molecule has 1 aliphatic rings. The summed E-state index contributed by atoms with van der Waals surface area (Å²) in [5.41, 5.74) is 1.07. The lowest BCUT2D eigenvalue weighted by molar-refractivity contribution is -0.137. The Kier molecular flexibility index (Phi) is 4.40. The van der Waals surface area contributed by atoms with Crippen molar-refractivity contribution in [3.8, 4) is 11.6 Å². The lowest BCUT2D eigenvalue weighted by Crippen LogP contribution is -2.12. The minimum atomic E-state index is -4.68. The van der Waals surface area contributed by atoms with Gasteiger partial charge in [-0.1, -0.05) is 41.1 Å². The van der Waals surface area contributed by atoms with Gasteiger partial charge in [0.05, 0.1) is 26.8 Å². The summed E-state index contributed by atoms with van der Waals surface area (Å²) in [6.45, 7) is 0. The van der Waals surface area contributed by atoms with E-state index in [-0.39, 0.29) is 10.6 Å². The summed E-state index contributed by atoms with van der Waals surface area (Å²) in [7, 11) is 0. The first-order chi connectivity index (χ1) is 13.3. The van der Waals surface area contributed by atoms with Gasteiger partial charge in [-0.25, -0.2) is 4.57 Å². The van der Waals surface area contributed by atoms with Crippen LogP contribution in [0.4, 0.5) is 18.9 Å². The molecule has 0 radical (unpaired) electrons. The van der Waals surface area contributed by atoms with Crippen LogP contribution in [0.15, 0.2) is 52.3 Å². The monoisotopic (exact) mass is 422 g/mol. The number of alkyl halides is 3. The maximum atomic E-state index is 13.1. The van der Waals surface area contributed by atoms with E-state index in [1.807, 2.05) is 24.3 Å². The number of hydrogen-bond acceptors (Lipinski definition) is 4. The third kappa shape index (κ3) is 3.14. The van der Waals surface area contributed by atoms with Gasteiger partial charge in [0, 0.05) is 17.4 Å². The van der Waals surface area contributed by atoms with Crippen molar-refractivity contribution in [3.05, 3.63) is 73.2 Å². The Morgan fingerprint density at radius 1 is 1.18 bits per heavy atom. The number of halogens is 4. The molecule has 2 aromatic carbocycles. The summed E-state index contributed by atoms with van der Waals surface area (Å²) in [6, 6.07) is 10.4. The molecular weight excluding hydrogens is 413 g/mol. The van der Waals surface area contributed by atoms with E-state index in [9.17, 15) is 23.1 Å². The van der Waals surface area contributed by atoms with Crippen LogP contribution in [0.5, 0.6) is 5.88 Å². The molecule has 142 valence electrons. The Balaban J connectivity index is 1.81. The highest BCUT2D eigenvalue weighted by Gasteiger charge is 2.34. The number of para-hydroxylation sites is 1. The van der Waals surface area contributed by atoms with Crippen LogP contribution in [0.2, 0.25) is 5.02 Å². The molecule has 0 saturated heterocycles. The quantitative estimate of drug-likeness (QED) is 0.590. The summed E-state index contributed by atoms with van der Waals surface area (Å²) in [5.74, 6) is -0.448. The predicted molar refractivity (Wildman–Crippen MR) is 104 cm³/mol. The number of aliphatic imine (C=N–C) groups is 1. The Morgan fingerprint density at radius 3 is 2.68 bits per heavy atom. The van der Waals surface area contributed by atoms with Crippen LogP contribution in [0, 0.1) is 0 Å². The van der Waals surface area contributed by atoms with Gasteiger partial charge >= 0.3 is 11.0 Å². The Bertz CT molecular complexity index is 1210. The number of rotatable bonds is 2. The minimum Gasteiger partial charge on any atom is -0.493 e. The van der Waals surface area contributed by atoms with Crippen molar-refractivity contribution in [2.75, 3.05) is 0 Å². The summed E-state index contributed by atoms with van der Waals surface area (Å²) in [6.07, 6.45) is -1.51. The van der Waals surface area contributed by atoms with Gasteiger partial charge in [-0.15, -0.1) is 0 Å². The van der Waals surface area contributed by atoms with Crippen molar-refractivity contribution < 1.29 is 18.3 Å². The summed E-state index contributed by atoms with van der Waals surface area (Å²) in [4.78, 5) is 16.2. The van der Waals surface area contributed by atoms with Gasteiger partial charge in [0.25, 0.3) is 0 Å². The third-order valence-electron chi connectivity index (χ3n) is 4.17. The molecule has 0 bridgehead atoms. The molecule has 9 heteroatoms. The second-order valence-corrected chi connectivity index (χ2v) is 7.33. The molecule has 0 atom stereocenters. The zero-order valence-corrected chi connectivity index (χ0v) is 15.4. The van der Waals surface area contributed by atoms with Gasteiger partial charge in [0.15, 0.2) is 0 Å². The number of allylic oxidation sites excluding steroid dienone is 1. The number of fused-ring (bicyclic) bond motifs is 1. The number of hydrogen-bond donors (Lipinski definition) is 1. The summed E-state index contributed by atoms with van der Waals surface area (Å²) >= 11 is 6.34. The average Bonchev–Trinajstić information content (AvgIpc) is 3.16. The van der Waals surface area contributed by atoms with Crippen LogP contribution in [-0.2, 0) is 6.18 Å². The first-order valence-corrected chi connectivity index (χ1v) is 9.12. The molecule has 4 rings (SSSR count). The Morgan fingerprint density at radius 2 is 1.93 bits per heavy atom. The lowest BCUT2D eigenvalue weighted by Gasteiger charge is -2.11. The maximum Gasteiger partial charge on any atom is 0.417 e. The molecular formula is C19H10ClF3N2O2S. The normalized spacial score (nSPS) is 14.6. The fraction of sp³-hybridized carbons (Fsp3) is 0.0526. The van der Waals surface area contributed by atoms with Crippen LogP contribution in [-0.4, -0.2) is 15.9 Å². The lowest BCUT2D eigenvalue weighted by atomic mass is 10.1. The highest BCUT2D eigenvalue weighted by Crippen LogP contribution is 2.38. The molecule has 0 saturated carbocycles. The first-order valence-electron chi connectivity index (χ1n) is 7.93. The van der Waals surface area contributed by atoms with E-state index in [1.165, 1.54) is 6.07 Å². The molecule has 0 unspecified atom stereocenters. The van der Waals surface area contributed by atoms with Gasteiger partial charge in [0.2, 0.25) is 5.88 Å². The molecule has 0 fully saturated rings. The zero-order valence-electron chi connectivity index (χ0n) is 13.9. The number of benzene rings is 2. The van der Waals surface area contributed by atoms with Crippen LogP contribution in [0.1, 0.15) is 16.0 Å². The van der Waals surface area contributed by atoms with Crippen molar-refractivity contribution in [3.63, 3.8) is 0 Å². The average molecular weight is 423 g/mol. The van der Waals surface area contributed by atoms with E-state index in [0.717, 1.165) is 39.3 Å². The van der Waals surface area contributed by atoms with E-state index in [0.29, 0.717) is 5.57 Å². The second-order valence-electron chi connectivity index (χ2n) is 5.93. The molecule has 0 aliphatic carbocycles. The van der Waals surface area contributed by atoms with E-state index >= 15 is 0 Å². The SMILES string of the molecule is O=c1sc(C=C2C=Nc3ccccc32)c(O)n1-c1ccc(Cl)c(C(F)(F)F)c1. The standard InChI is InChI=1S/C19H10ClF3N2O2S/c20-14-6-5-11(8-13(14)19(21,22)23)25-17(26)16(28-18(25)27)7-10-9-24-15-4-2-1-3-12(10)15/h1-9,26H. The molecule has 1 aromatic heterocycles. The van der Waals surface area contributed by atoms with Crippen LogP contribution < -0.4 is 4.87 Å². The van der Waals surface area contributed by atoms with Crippen molar-refractivity contribution in [2.45, 2.75) is 6.18 Å². The number of aromatic hydroxyl groups is 1. The Hall–Kier alpha value is -2.84. The fourth-order valence-corrected chi connectivity index (χ4v) is 3.93. The van der Waals surface area contributed by atoms with Crippen molar-refractivity contribution in [2.24, 2.45) is 4.99 Å². The molecule has 1 N–H and O–H groups in total. The van der Waals surface area contributed by atoms with Gasteiger partial charge in [-0.3, -0.25) is 9.79 Å². The van der Waals surface area contributed by atoms with E-state index in [1.54, 1.807) is 12.3 Å². The molecule has 1 aliphatic heterocycles. The van der Waals surface area contributed by atoms with E-state index in [4.69, 9.17) is 11.6 Å².